The molecule has 0 unspecified atom stereocenters. The van der Waals surface area contributed by atoms with Crippen LogP contribution in [-0.2, 0) is 10.0 Å². The Morgan fingerprint density at radius 3 is 2.80 bits per heavy atom. The van der Waals surface area contributed by atoms with Gasteiger partial charge in [0.05, 0.1) is 5.75 Å². The van der Waals surface area contributed by atoms with Crippen LogP contribution in [0.3, 0.4) is 0 Å². The summed E-state index contributed by atoms with van der Waals surface area (Å²) in [6, 6.07) is 1.57. The number of piperidine rings is 1. The van der Waals surface area contributed by atoms with Gasteiger partial charge < -0.3 is 9.84 Å². The van der Waals surface area contributed by atoms with E-state index in [0.717, 1.165) is 25.0 Å². The van der Waals surface area contributed by atoms with E-state index in [-0.39, 0.29) is 23.7 Å². The van der Waals surface area contributed by atoms with Gasteiger partial charge in [0.1, 0.15) is 5.76 Å². The summed E-state index contributed by atoms with van der Waals surface area (Å²) in [7, 11) is -3.20. The van der Waals surface area contributed by atoms with Crippen molar-refractivity contribution in [3.05, 3.63) is 17.5 Å². The zero-order valence-electron chi connectivity index (χ0n) is 14.9. The third-order valence-electron chi connectivity index (χ3n) is 5.00. The van der Waals surface area contributed by atoms with Crippen LogP contribution in [-0.4, -0.2) is 48.2 Å². The highest BCUT2D eigenvalue weighted by atomic mass is 32.2. The lowest BCUT2D eigenvalue weighted by molar-refractivity contribution is 0.0905. The molecule has 2 aliphatic rings. The molecular weight excluding hydrogens is 342 g/mol. The van der Waals surface area contributed by atoms with E-state index in [4.69, 9.17) is 4.52 Å². The Balaban J connectivity index is 1.54. The Labute approximate surface area is 149 Å². The van der Waals surface area contributed by atoms with Crippen molar-refractivity contribution < 1.29 is 17.7 Å². The first-order valence-electron chi connectivity index (χ1n) is 9.17. The van der Waals surface area contributed by atoms with Crippen LogP contribution in [0.1, 0.15) is 74.5 Å². The van der Waals surface area contributed by atoms with Crippen LogP contribution in [0, 0.1) is 0 Å². The van der Waals surface area contributed by atoms with Crippen molar-refractivity contribution in [2.24, 2.45) is 0 Å². The fraction of sp³-hybridized carbons (Fsp3) is 0.765. The van der Waals surface area contributed by atoms with Crippen molar-refractivity contribution in [3.8, 4) is 0 Å². The van der Waals surface area contributed by atoms with Gasteiger partial charge in [0.2, 0.25) is 10.0 Å². The fourth-order valence-corrected chi connectivity index (χ4v) is 5.26. The van der Waals surface area contributed by atoms with Gasteiger partial charge in [-0.3, -0.25) is 4.79 Å². The smallest absolute Gasteiger partial charge is 0.273 e. The predicted octanol–water partition coefficient (Wildman–Crippen LogP) is 2.26. The van der Waals surface area contributed by atoms with Gasteiger partial charge in [-0.25, -0.2) is 8.42 Å². The SMILES string of the molecule is CCCCS(=O)(=O)N1CC[C@H](NC(=O)c2cc(C3CC3)on2)C[C@H]1C. The number of hydrogen-bond donors (Lipinski definition) is 1. The molecule has 0 bridgehead atoms. The number of unbranched alkanes of at least 4 members (excludes halogenated alkanes) is 1. The molecule has 1 aliphatic carbocycles. The molecule has 0 spiro atoms. The molecule has 8 heteroatoms. The van der Waals surface area contributed by atoms with E-state index in [1.165, 1.54) is 0 Å². The number of rotatable bonds is 7. The molecule has 1 aromatic heterocycles. The van der Waals surface area contributed by atoms with Crippen molar-refractivity contribution in [2.45, 2.75) is 70.4 Å². The number of nitrogens with zero attached hydrogens (tertiary/aromatic N) is 2. The van der Waals surface area contributed by atoms with E-state index in [1.807, 2.05) is 13.8 Å². The summed E-state index contributed by atoms with van der Waals surface area (Å²) >= 11 is 0. The molecule has 2 heterocycles. The minimum atomic E-state index is -3.20. The van der Waals surface area contributed by atoms with E-state index in [1.54, 1.807) is 10.4 Å². The Bertz CT molecular complexity index is 711. The Morgan fingerprint density at radius 2 is 2.16 bits per heavy atom. The summed E-state index contributed by atoms with van der Waals surface area (Å²) in [4.78, 5) is 12.3. The second kappa shape index (κ2) is 7.45. The number of sulfonamides is 1. The molecule has 0 aromatic carbocycles. The number of aromatic nitrogens is 1. The molecular formula is C17H27N3O4S. The first-order chi connectivity index (χ1) is 11.9. The molecule has 1 amide bonds. The first-order valence-corrected chi connectivity index (χ1v) is 10.8. The minimum absolute atomic E-state index is 0.0406. The molecule has 7 nitrogen and oxygen atoms in total. The quantitative estimate of drug-likeness (QED) is 0.796. The van der Waals surface area contributed by atoms with E-state index >= 15 is 0 Å². The highest BCUT2D eigenvalue weighted by Crippen LogP contribution is 2.40. The van der Waals surface area contributed by atoms with E-state index in [0.29, 0.717) is 37.4 Å². The molecule has 1 N–H and O–H groups in total. The summed E-state index contributed by atoms with van der Waals surface area (Å²) in [5, 5.41) is 6.83. The highest BCUT2D eigenvalue weighted by Gasteiger charge is 2.34. The van der Waals surface area contributed by atoms with Gasteiger partial charge in [-0.05, 0) is 39.0 Å². The van der Waals surface area contributed by atoms with Crippen LogP contribution in [0.2, 0.25) is 0 Å². The molecule has 25 heavy (non-hydrogen) atoms. The zero-order valence-corrected chi connectivity index (χ0v) is 15.7. The summed E-state index contributed by atoms with van der Waals surface area (Å²) in [6.07, 6.45) is 4.97. The van der Waals surface area contributed by atoms with Gasteiger partial charge in [-0.2, -0.15) is 4.31 Å². The highest BCUT2D eigenvalue weighted by molar-refractivity contribution is 7.89. The van der Waals surface area contributed by atoms with Gasteiger partial charge >= 0.3 is 0 Å². The second-order valence-corrected chi connectivity index (χ2v) is 9.25. The van der Waals surface area contributed by atoms with Crippen molar-refractivity contribution in [1.82, 2.24) is 14.8 Å². The monoisotopic (exact) mass is 369 g/mol. The average Bonchev–Trinajstić information content (AvgIpc) is 3.29. The van der Waals surface area contributed by atoms with E-state index in [9.17, 15) is 13.2 Å². The summed E-state index contributed by atoms with van der Waals surface area (Å²) in [5.74, 6) is 1.17. The van der Waals surface area contributed by atoms with Crippen LogP contribution < -0.4 is 5.32 Å². The number of amides is 1. The number of carbonyl (C=O) groups is 1. The van der Waals surface area contributed by atoms with Crippen molar-refractivity contribution in [2.75, 3.05) is 12.3 Å². The molecule has 0 radical (unpaired) electrons. The lowest BCUT2D eigenvalue weighted by atomic mass is 10.0. The van der Waals surface area contributed by atoms with Gasteiger partial charge in [0.25, 0.3) is 5.91 Å². The Morgan fingerprint density at radius 1 is 1.40 bits per heavy atom. The van der Waals surface area contributed by atoms with Crippen LogP contribution in [0.25, 0.3) is 0 Å². The molecule has 1 saturated heterocycles. The standard InChI is InChI=1S/C17H27N3O4S/c1-3-4-9-25(22,23)20-8-7-14(10-12(20)2)18-17(21)15-11-16(24-19-15)13-5-6-13/h11-14H,3-10H2,1-2H3,(H,18,21)/t12-,14+/m1/s1. The van der Waals surface area contributed by atoms with Crippen LogP contribution in [0.5, 0.6) is 0 Å². The van der Waals surface area contributed by atoms with Crippen molar-refractivity contribution in [1.29, 1.82) is 0 Å². The van der Waals surface area contributed by atoms with Gasteiger partial charge in [0, 0.05) is 30.6 Å². The van der Waals surface area contributed by atoms with E-state index < -0.39 is 10.0 Å². The van der Waals surface area contributed by atoms with Crippen molar-refractivity contribution >= 4 is 15.9 Å². The summed E-state index contributed by atoms with van der Waals surface area (Å²) < 4.78 is 31.6. The third-order valence-corrected chi connectivity index (χ3v) is 7.07. The van der Waals surface area contributed by atoms with Crippen LogP contribution >= 0.6 is 0 Å². The molecule has 3 rings (SSSR count). The maximum atomic E-state index is 12.4. The summed E-state index contributed by atoms with van der Waals surface area (Å²) in [6.45, 7) is 4.34. The zero-order chi connectivity index (χ0) is 18.0. The van der Waals surface area contributed by atoms with Gasteiger partial charge in [-0.1, -0.05) is 18.5 Å². The number of hydrogen-bond acceptors (Lipinski definition) is 5. The maximum Gasteiger partial charge on any atom is 0.273 e. The number of nitrogens with one attached hydrogen (secondary N) is 1. The average molecular weight is 369 g/mol. The fourth-order valence-electron chi connectivity index (χ4n) is 3.35. The molecule has 140 valence electrons. The first kappa shape index (κ1) is 18.4. The van der Waals surface area contributed by atoms with E-state index in [2.05, 4.69) is 10.5 Å². The lowest BCUT2D eigenvalue weighted by Crippen LogP contribution is -2.51. The number of carbonyl (C=O) groups excluding carboxylic acids is 1. The Hall–Kier alpha value is -1.41. The Kier molecular flexibility index (Phi) is 5.48. The van der Waals surface area contributed by atoms with Gasteiger partial charge in [-0.15, -0.1) is 0 Å². The topological polar surface area (TPSA) is 92.5 Å². The minimum Gasteiger partial charge on any atom is -0.360 e. The maximum absolute atomic E-state index is 12.4. The summed E-state index contributed by atoms with van der Waals surface area (Å²) in [5.41, 5.74) is 0.313. The third kappa shape index (κ3) is 4.41. The van der Waals surface area contributed by atoms with Crippen LogP contribution in [0.4, 0.5) is 0 Å². The van der Waals surface area contributed by atoms with Crippen molar-refractivity contribution in [3.63, 3.8) is 0 Å². The molecule has 1 saturated carbocycles. The van der Waals surface area contributed by atoms with Gasteiger partial charge in [0.15, 0.2) is 5.69 Å². The molecule has 2 fully saturated rings. The largest absolute Gasteiger partial charge is 0.360 e. The molecule has 2 atom stereocenters. The second-order valence-electron chi connectivity index (χ2n) is 7.21. The normalized spacial score (nSPS) is 25.0. The van der Waals surface area contributed by atoms with Crippen LogP contribution in [0.15, 0.2) is 10.6 Å². The predicted molar refractivity (Wildman–Crippen MR) is 93.8 cm³/mol. The molecule has 1 aliphatic heterocycles. The lowest BCUT2D eigenvalue weighted by Gasteiger charge is -2.36. The molecule has 1 aromatic rings.